The highest BCUT2D eigenvalue weighted by Gasteiger charge is 2.22. The lowest BCUT2D eigenvalue weighted by Gasteiger charge is -2.09. The van der Waals surface area contributed by atoms with E-state index >= 15 is 0 Å². The van der Waals surface area contributed by atoms with E-state index in [4.69, 9.17) is 38.4 Å². The van der Waals surface area contributed by atoms with E-state index in [1.54, 1.807) is 69.9 Å². The number of pyridine rings is 6. The number of ether oxygens (including phenoxy) is 2. The zero-order valence-electron chi connectivity index (χ0n) is 37.5. The number of fused-ring (bicyclic) bond motifs is 3. The molecule has 0 saturated heterocycles. The predicted molar refractivity (Wildman–Crippen MR) is 269 cm³/mol. The predicted octanol–water partition coefficient (Wildman–Crippen LogP) is 9.82. The van der Waals surface area contributed by atoms with Crippen molar-refractivity contribution >= 4 is 73.6 Å². The van der Waals surface area contributed by atoms with Crippen molar-refractivity contribution in [2.45, 2.75) is 12.8 Å². The van der Waals surface area contributed by atoms with Crippen LogP contribution in [-0.2, 0) is 4.74 Å². The molecule has 0 aliphatic heterocycles. The van der Waals surface area contributed by atoms with Gasteiger partial charge < -0.3 is 25.8 Å². The maximum absolute atomic E-state index is 12.3. The third-order valence-corrected chi connectivity index (χ3v) is 11.7. The summed E-state index contributed by atoms with van der Waals surface area (Å²) in [6, 6.07) is 28.1. The van der Waals surface area contributed by atoms with Gasteiger partial charge in [0.15, 0.2) is 0 Å². The first-order valence-electron chi connectivity index (χ1n) is 21.8. The van der Waals surface area contributed by atoms with E-state index in [-0.39, 0.29) is 11.8 Å². The van der Waals surface area contributed by atoms with Crippen LogP contribution in [0.5, 0.6) is 5.75 Å². The number of rotatable bonds is 12. The zero-order chi connectivity index (χ0) is 48.3. The molecule has 1 aliphatic rings. The minimum atomic E-state index is -0.502. The third-order valence-electron chi connectivity index (χ3n) is 11.2. The summed E-state index contributed by atoms with van der Waals surface area (Å²) < 4.78 is 10.2. The Morgan fingerprint density at radius 1 is 0.580 bits per heavy atom. The summed E-state index contributed by atoms with van der Waals surface area (Å²) in [6.45, 7) is 1.66. The highest BCUT2D eigenvalue weighted by molar-refractivity contribution is 6.31. The third kappa shape index (κ3) is 12.0. The van der Waals surface area contributed by atoms with Crippen molar-refractivity contribution < 1.29 is 23.9 Å². The quantitative estimate of drug-likeness (QED) is 0.0986. The van der Waals surface area contributed by atoms with E-state index in [1.807, 2.05) is 84.9 Å². The molecule has 14 nitrogen and oxygen atoms in total. The SMILES string of the molecule is COCCNC(=O)c1cnc2cncc(-c3ccc(Cl)cc3)c2c1.COc1cccc(-c2cncc3ncc(C(N)=O)cc23)c1.O=C(NCC1CC1)c1cnc2cncc(-c3ccc(Cl)cc3)c2c1. The van der Waals surface area contributed by atoms with Crippen molar-refractivity contribution in [2.24, 2.45) is 11.7 Å². The second-order valence-electron chi connectivity index (χ2n) is 15.9. The Hall–Kier alpha value is -7.91. The fraction of sp³-hybridized carbons (Fsp3) is 0.151. The average molecular weight is 959 g/mol. The Balaban J connectivity index is 0.000000140. The van der Waals surface area contributed by atoms with Gasteiger partial charge in [-0.25, -0.2) is 0 Å². The molecule has 346 valence electrons. The van der Waals surface area contributed by atoms with Gasteiger partial charge in [0.05, 0.1) is 65.5 Å². The molecule has 0 unspecified atom stereocenters. The van der Waals surface area contributed by atoms with Crippen molar-refractivity contribution in [2.75, 3.05) is 33.9 Å². The second kappa shape index (κ2) is 22.3. The summed E-state index contributed by atoms with van der Waals surface area (Å²) >= 11 is 11.9. The maximum atomic E-state index is 12.3. The topological polar surface area (TPSA) is 197 Å². The minimum absolute atomic E-state index is 0.0739. The van der Waals surface area contributed by atoms with E-state index in [1.165, 1.54) is 19.0 Å². The largest absolute Gasteiger partial charge is 0.497 e. The normalized spacial score (nSPS) is 11.8. The molecule has 1 saturated carbocycles. The van der Waals surface area contributed by atoms with Gasteiger partial charge in [-0.15, -0.1) is 0 Å². The van der Waals surface area contributed by atoms with Crippen LogP contribution in [-0.4, -0.2) is 81.5 Å². The summed E-state index contributed by atoms with van der Waals surface area (Å²) in [5.74, 6) is 0.646. The van der Waals surface area contributed by atoms with Crippen LogP contribution < -0.4 is 21.1 Å². The molecular formula is C53H45Cl2N9O5. The molecule has 69 heavy (non-hydrogen) atoms. The molecule has 0 spiro atoms. The van der Waals surface area contributed by atoms with Gasteiger partial charge in [0.25, 0.3) is 11.8 Å². The van der Waals surface area contributed by atoms with Gasteiger partial charge in [0.2, 0.25) is 5.91 Å². The molecule has 3 amide bonds. The molecule has 0 atom stereocenters. The van der Waals surface area contributed by atoms with Crippen molar-refractivity contribution in [1.29, 1.82) is 0 Å². The van der Waals surface area contributed by atoms with E-state index < -0.39 is 5.91 Å². The minimum Gasteiger partial charge on any atom is -0.497 e. The Morgan fingerprint density at radius 2 is 1.04 bits per heavy atom. The average Bonchev–Trinajstić information content (AvgIpc) is 4.23. The number of nitrogens with one attached hydrogen (secondary N) is 2. The number of hydrogen-bond donors (Lipinski definition) is 3. The van der Waals surface area contributed by atoms with E-state index in [0.29, 0.717) is 51.3 Å². The Kier molecular flexibility index (Phi) is 15.3. The fourth-order valence-corrected chi connectivity index (χ4v) is 7.54. The number of benzene rings is 3. The van der Waals surface area contributed by atoms with E-state index in [9.17, 15) is 14.4 Å². The van der Waals surface area contributed by atoms with Gasteiger partial charge in [-0.1, -0.05) is 59.6 Å². The number of carbonyl (C=O) groups is 3. The summed E-state index contributed by atoms with van der Waals surface area (Å²) in [5.41, 5.74) is 14.6. The molecule has 0 radical (unpaired) electrons. The second-order valence-corrected chi connectivity index (χ2v) is 16.8. The Morgan fingerprint density at radius 3 is 1.51 bits per heavy atom. The summed E-state index contributed by atoms with van der Waals surface area (Å²) in [7, 11) is 3.21. The molecule has 16 heteroatoms. The molecule has 0 bridgehead atoms. The number of nitrogens with two attached hydrogens (primary N) is 1. The number of amides is 3. The van der Waals surface area contributed by atoms with E-state index in [0.717, 1.165) is 72.9 Å². The number of halogens is 2. The molecule has 3 aromatic carbocycles. The number of carbonyl (C=O) groups excluding carboxylic acids is 3. The van der Waals surface area contributed by atoms with Gasteiger partial charge in [-0.05, 0) is 90.0 Å². The monoisotopic (exact) mass is 957 g/mol. The number of nitrogens with zero attached hydrogens (tertiary/aromatic N) is 6. The van der Waals surface area contributed by atoms with Crippen LogP contribution in [0.15, 0.2) is 147 Å². The first-order valence-corrected chi connectivity index (χ1v) is 22.6. The highest BCUT2D eigenvalue weighted by atomic mass is 35.5. The van der Waals surface area contributed by atoms with Crippen molar-refractivity contribution in [3.63, 3.8) is 0 Å². The molecule has 1 aliphatic carbocycles. The number of primary amides is 1. The van der Waals surface area contributed by atoms with Crippen molar-refractivity contribution in [3.05, 3.63) is 174 Å². The lowest BCUT2D eigenvalue weighted by atomic mass is 10.0. The van der Waals surface area contributed by atoms with Crippen LogP contribution in [0.1, 0.15) is 43.9 Å². The van der Waals surface area contributed by atoms with Crippen molar-refractivity contribution in [3.8, 4) is 39.1 Å². The van der Waals surface area contributed by atoms with E-state index in [2.05, 4.69) is 40.5 Å². The fourth-order valence-electron chi connectivity index (χ4n) is 7.29. The number of hydrogen-bond acceptors (Lipinski definition) is 11. The molecule has 10 rings (SSSR count). The highest BCUT2D eigenvalue weighted by Crippen LogP contribution is 2.32. The van der Waals surface area contributed by atoms with Crippen LogP contribution >= 0.6 is 23.2 Å². The first-order chi connectivity index (χ1) is 33.6. The first kappa shape index (κ1) is 47.6. The molecule has 6 aromatic heterocycles. The van der Waals surface area contributed by atoms with Gasteiger partial charge in [-0.3, -0.25) is 44.3 Å². The van der Waals surface area contributed by atoms with Crippen LogP contribution in [0.2, 0.25) is 10.0 Å². The summed E-state index contributed by atoms with van der Waals surface area (Å²) in [4.78, 5) is 61.6. The smallest absolute Gasteiger partial charge is 0.252 e. The van der Waals surface area contributed by atoms with Gasteiger partial charge in [0.1, 0.15) is 5.75 Å². The summed E-state index contributed by atoms with van der Waals surface area (Å²) in [5, 5.41) is 9.73. The summed E-state index contributed by atoms with van der Waals surface area (Å²) in [6.07, 6.45) is 17.4. The van der Waals surface area contributed by atoms with Crippen molar-refractivity contribution in [1.82, 2.24) is 40.5 Å². The molecular weight excluding hydrogens is 914 g/mol. The number of aromatic nitrogens is 6. The lowest BCUT2D eigenvalue weighted by molar-refractivity contribution is 0.0933. The standard InChI is InChI=1S/C19H16ClN3O.C18H16ClN3O2.C16H13N3O2/c20-15-5-3-13(4-6-15)17-10-21-11-18-16(17)7-14(9-22-18)19(24)23-8-12-1-2-12;1-24-7-6-21-18(23)13-8-15-16(10-20-11-17(15)22-9-13)12-2-4-14(19)5-3-12;1-21-12-4-2-3-10(5-12)14-8-18-9-15-13(14)6-11(7-19-15)16(17)20/h3-7,9-12H,1-2,8H2,(H,23,24);2-5,8-11H,6-7H2,1H3,(H,21,23);2-9H,1H3,(H2,17,20). The molecule has 1 fully saturated rings. The lowest BCUT2D eigenvalue weighted by Crippen LogP contribution is -2.27. The Bertz CT molecular complexity index is 3300. The van der Waals surface area contributed by atoms with Crippen LogP contribution in [0, 0.1) is 5.92 Å². The molecule has 4 N–H and O–H groups in total. The van der Waals surface area contributed by atoms with Gasteiger partial charge >= 0.3 is 0 Å². The number of methoxy groups -OCH3 is 2. The molecule has 6 heterocycles. The van der Waals surface area contributed by atoms with Gasteiger partial charge in [-0.2, -0.15) is 0 Å². The Labute approximate surface area is 407 Å². The van der Waals surface area contributed by atoms with Crippen LogP contribution in [0.25, 0.3) is 66.1 Å². The molecule has 9 aromatic rings. The maximum Gasteiger partial charge on any atom is 0.252 e. The van der Waals surface area contributed by atoms with Crippen LogP contribution in [0.3, 0.4) is 0 Å². The zero-order valence-corrected chi connectivity index (χ0v) is 39.0. The van der Waals surface area contributed by atoms with Crippen LogP contribution in [0.4, 0.5) is 0 Å². The van der Waals surface area contributed by atoms with Gasteiger partial charge in [0, 0.05) is 100 Å².